The lowest BCUT2D eigenvalue weighted by molar-refractivity contribution is 0.0741. The van der Waals surface area contributed by atoms with E-state index >= 15 is 0 Å². The van der Waals surface area contributed by atoms with E-state index in [-0.39, 0.29) is 5.97 Å². The van der Waals surface area contributed by atoms with Crippen LogP contribution in [-0.2, 0) is 0 Å². The highest BCUT2D eigenvalue weighted by molar-refractivity contribution is 7.20. The van der Waals surface area contributed by atoms with E-state index in [1.807, 2.05) is 48.5 Å². The van der Waals surface area contributed by atoms with Crippen molar-refractivity contribution in [2.24, 2.45) is 0 Å². The number of thiophene rings is 1. The molecule has 0 amide bonds. The Labute approximate surface area is 108 Å². The fourth-order valence-electron chi connectivity index (χ4n) is 1.73. The summed E-state index contributed by atoms with van der Waals surface area (Å²) < 4.78 is 6.48. The SMILES string of the molecule is O=C(Oc1cc2ccccc2s1)c1ccccc1. The van der Waals surface area contributed by atoms with Crippen molar-refractivity contribution < 1.29 is 9.53 Å². The zero-order valence-electron chi connectivity index (χ0n) is 9.50. The maximum atomic E-state index is 11.9. The van der Waals surface area contributed by atoms with Gasteiger partial charge >= 0.3 is 5.97 Å². The second-order valence-electron chi connectivity index (χ2n) is 3.86. The van der Waals surface area contributed by atoms with Crippen molar-refractivity contribution >= 4 is 27.4 Å². The van der Waals surface area contributed by atoms with Crippen LogP contribution in [0.3, 0.4) is 0 Å². The minimum absolute atomic E-state index is 0.317. The lowest BCUT2D eigenvalue weighted by Crippen LogP contribution is -2.06. The van der Waals surface area contributed by atoms with E-state index < -0.39 is 0 Å². The van der Waals surface area contributed by atoms with Gasteiger partial charge in [0.25, 0.3) is 0 Å². The van der Waals surface area contributed by atoms with Crippen LogP contribution < -0.4 is 4.74 Å². The molecule has 0 spiro atoms. The highest BCUT2D eigenvalue weighted by Gasteiger charge is 2.09. The predicted molar refractivity (Wildman–Crippen MR) is 73.2 cm³/mol. The van der Waals surface area contributed by atoms with Gasteiger partial charge < -0.3 is 4.74 Å². The Morgan fingerprint density at radius 3 is 2.44 bits per heavy atom. The van der Waals surface area contributed by atoms with Crippen LogP contribution in [0.1, 0.15) is 10.4 Å². The first-order valence-electron chi connectivity index (χ1n) is 5.59. The molecule has 0 unspecified atom stereocenters. The van der Waals surface area contributed by atoms with Crippen LogP contribution in [0.2, 0.25) is 0 Å². The largest absolute Gasteiger partial charge is 0.412 e. The summed E-state index contributed by atoms with van der Waals surface area (Å²) in [5.74, 6) is -0.317. The second-order valence-corrected chi connectivity index (χ2v) is 4.91. The molecule has 1 heterocycles. The zero-order valence-corrected chi connectivity index (χ0v) is 10.3. The number of carbonyl (C=O) groups is 1. The quantitative estimate of drug-likeness (QED) is 0.643. The van der Waals surface area contributed by atoms with Crippen LogP contribution in [-0.4, -0.2) is 5.97 Å². The molecule has 3 aromatic rings. The summed E-state index contributed by atoms with van der Waals surface area (Å²) in [6, 6.07) is 18.9. The van der Waals surface area contributed by atoms with Gasteiger partial charge in [-0.2, -0.15) is 0 Å². The molecule has 0 bridgehead atoms. The summed E-state index contributed by atoms with van der Waals surface area (Å²) in [5, 5.41) is 1.73. The highest BCUT2D eigenvalue weighted by atomic mass is 32.1. The third-order valence-corrected chi connectivity index (χ3v) is 3.60. The first-order chi connectivity index (χ1) is 8.83. The standard InChI is InChI=1S/C15H10O2S/c16-15(11-6-2-1-3-7-11)17-14-10-12-8-4-5-9-13(12)18-14/h1-10H. The van der Waals surface area contributed by atoms with Gasteiger partial charge in [0, 0.05) is 10.8 Å². The summed E-state index contributed by atoms with van der Waals surface area (Å²) >= 11 is 1.48. The lowest BCUT2D eigenvalue weighted by Gasteiger charge is -2.00. The molecular formula is C15H10O2S. The van der Waals surface area contributed by atoms with E-state index in [9.17, 15) is 4.79 Å². The van der Waals surface area contributed by atoms with E-state index in [4.69, 9.17) is 4.74 Å². The van der Waals surface area contributed by atoms with Crippen molar-refractivity contribution in [3.63, 3.8) is 0 Å². The first-order valence-corrected chi connectivity index (χ1v) is 6.40. The van der Waals surface area contributed by atoms with Gasteiger partial charge in [0.05, 0.1) is 5.56 Å². The third kappa shape index (κ3) is 2.13. The molecule has 0 radical (unpaired) electrons. The minimum atomic E-state index is -0.317. The van der Waals surface area contributed by atoms with Crippen LogP contribution in [0.5, 0.6) is 5.06 Å². The van der Waals surface area contributed by atoms with Gasteiger partial charge in [0.2, 0.25) is 0 Å². The van der Waals surface area contributed by atoms with Gasteiger partial charge in [-0.05, 0) is 23.6 Å². The number of hydrogen-bond acceptors (Lipinski definition) is 3. The molecule has 0 fully saturated rings. The van der Waals surface area contributed by atoms with E-state index in [0.29, 0.717) is 10.6 Å². The van der Waals surface area contributed by atoms with Crippen molar-refractivity contribution in [1.82, 2.24) is 0 Å². The average Bonchev–Trinajstić information content (AvgIpc) is 2.82. The normalized spacial score (nSPS) is 10.4. The predicted octanol–water partition coefficient (Wildman–Crippen LogP) is 4.12. The molecule has 2 nitrogen and oxygen atoms in total. The van der Waals surface area contributed by atoms with Crippen molar-refractivity contribution in [2.45, 2.75) is 0 Å². The van der Waals surface area contributed by atoms with E-state index in [1.54, 1.807) is 12.1 Å². The summed E-state index contributed by atoms with van der Waals surface area (Å²) in [7, 11) is 0. The van der Waals surface area contributed by atoms with Gasteiger partial charge in [0.1, 0.15) is 0 Å². The molecule has 0 atom stereocenters. The molecular weight excluding hydrogens is 244 g/mol. The Balaban J connectivity index is 1.86. The number of ether oxygens (including phenoxy) is 1. The highest BCUT2D eigenvalue weighted by Crippen LogP contribution is 2.31. The molecule has 18 heavy (non-hydrogen) atoms. The molecule has 0 saturated carbocycles. The topological polar surface area (TPSA) is 26.3 Å². The van der Waals surface area contributed by atoms with E-state index in [1.165, 1.54) is 11.3 Å². The number of fused-ring (bicyclic) bond motifs is 1. The van der Waals surface area contributed by atoms with E-state index in [2.05, 4.69) is 0 Å². The van der Waals surface area contributed by atoms with Crippen molar-refractivity contribution in [3.05, 3.63) is 66.2 Å². The minimum Gasteiger partial charge on any atom is -0.412 e. The molecule has 88 valence electrons. The maximum Gasteiger partial charge on any atom is 0.344 e. The Morgan fingerprint density at radius 2 is 1.67 bits per heavy atom. The Morgan fingerprint density at radius 1 is 0.944 bits per heavy atom. The fraction of sp³-hybridized carbons (Fsp3) is 0. The molecule has 2 aromatic carbocycles. The van der Waals surface area contributed by atoms with E-state index in [0.717, 1.165) is 10.1 Å². The van der Waals surface area contributed by atoms with Crippen LogP contribution in [0.15, 0.2) is 60.7 Å². The molecule has 0 N–H and O–H groups in total. The van der Waals surface area contributed by atoms with Crippen molar-refractivity contribution in [2.75, 3.05) is 0 Å². The third-order valence-electron chi connectivity index (χ3n) is 2.61. The Bertz CT molecular complexity index is 653. The van der Waals surface area contributed by atoms with Gasteiger partial charge in [-0.15, -0.1) is 0 Å². The van der Waals surface area contributed by atoms with Gasteiger partial charge in [-0.3, -0.25) is 0 Å². The molecule has 0 aliphatic carbocycles. The smallest absolute Gasteiger partial charge is 0.344 e. The van der Waals surface area contributed by atoms with Crippen LogP contribution in [0.4, 0.5) is 0 Å². The second kappa shape index (κ2) is 4.63. The fourth-order valence-corrected chi connectivity index (χ4v) is 2.64. The molecule has 0 saturated heterocycles. The Hall–Kier alpha value is -2.13. The number of benzene rings is 2. The Kier molecular flexibility index (Phi) is 2.82. The summed E-state index contributed by atoms with van der Waals surface area (Å²) in [4.78, 5) is 11.9. The summed E-state index contributed by atoms with van der Waals surface area (Å²) in [5.41, 5.74) is 0.565. The molecule has 0 aliphatic rings. The average molecular weight is 254 g/mol. The summed E-state index contributed by atoms with van der Waals surface area (Å²) in [6.45, 7) is 0. The molecule has 3 heteroatoms. The van der Waals surface area contributed by atoms with Crippen molar-refractivity contribution in [1.29, 1.82) is 0 Å². The van der Waals surface area contributed by atoms with Crippen LogP contribution >= 0.6 is 11.3 Å². The van der Waals surface area contributed by atoms with Crippen molar-refractivity contribution in [3.8, 4) is 5.06 Å². The monoisotopic (exact) mass is 254 g/mol. The van der Waals surface area contributed by atoms with Gasteiger partial charge in [0.15, 0.2) is 5.06 Å². The number of hydrogen-bond donors (Lipinski definition) is 0. The molecule has 3 rings (SSSR count). The number of esters is 1. The molecule has 0 aliphatic heterocycles. The number of rotatable bonds is 2. The van der Waals surface area contributed by atoms with Crippen LogP contribution in [0, 0.1) is 0 Å². The van der Waals surface area contributed by atoms with Gasteiger partial charge in [-0.25, -0.2) is 4.79 Å². The lowest BCUT2D eigenvalue weighted by atomic mass is 10.2. The maximum absolute atomic E-state index is 11.9. The van der Waals surface area contributed by atoms with Crippen LogP contribution in [0.25, 0.3) is 10.1 Å². The summed E-state index contributed by atoms with van der Waals surface area (Å²) in [6.07, 6.45) is 0. The zero-order chi connectivity index (χ0) is 12.4. The number of carbonyl (C=O) groups excluding carboxylic acids is 1. The first kappa shape index (κ1) is 11.0. The molecule has 1 aromatic heterocycles. The van der Waals surface area contributed by atoms with Gasteiger partial charge in [-0.1, -0.05) is 47.7 Å².